The van der Waals surface area contributed by atoms with E-state index in [9.17, 15) is 0 Å². The maximum absolute atomic E-state index is 5.47. The zero-order valence-corrected chi connectivity index (χ0v) is 10.5. The molecule has 1 aromatic rings. The van der Waals surface area contributed by atoms with Gasteiger partial charge in [-0.1, -0.05) is 26.0 Å². The Bertz CT molecular complexity index is 266. The molecule has 0 saturated carbocycles. The maximum atomic E-state index is 5.47. The van der Waals surface area contributed by atoms with Gasteiger partial charge in [0.05, 0.1) is 0 Å². The highest BCUT2D eigenvalue weighted by Crippen LogP contribution is 2.23. The lowest BCUT2D eigenvalue weighted by Crippen LogP contribution is -1.98. The molecule has 1 rings (SSSR count). The van der Waals surface area contributed by atoms with Crippen molar-refractivity contribution in [3.8, 4) is 0 Å². The first-order valence-corrected chi connectivity index (χ1v) is 6.56. The minimum absolute atomic E-state index is 0.660. The van der Waals surface area contributed by atoms with Crippen molar-refractivity contribution in [3.05, 3.63) is 29.8 Å². The first-order valence-electron chi connectivity index (χ1n) is 5.68. The van der Waals surface area contributed by atoms with Crippen molar-refractivity contribution in [2.75, 3.05) is 6.54 Å². The largest absolute Gasteiger partial charge is 0.330 e. The molecule has 0 bridgehead atoms. The van der Waals surface area contributed by atoms with E-state index in [-0.39, 0.29) is 0 Å². The normalized spacial score (nSPS) is 10.9. The monoisotopic (exact) mass is 223 g/mol. The van der Waals surface area contributed by atoms with Crippen molar-refractivity contribution >= 4 is 11.8 Å². The fourth-order valence-electron chi connectivity index (χ4n) is 1.48. The van der Waals surface area contributed by atoms with Crippen LogP contribution in [0.1, 0.15) is 32.3 Å². The van der Waals surface area contributed by atoms with Crippen LogP contribution in [0.3, 0.4) is 0 Å². The fraction of sp³-hybridized carbons (Fsp3) is 0.538. The van der Waals surface area contributed by atoms with E-state index in [1.165, 1.54) is 16.9 Å². The summed E-state index contributed by atoms with van der Waals surface area (Å²) >= 11 is 1.92. The molecule has 0 spiro atoms. The van der Waals surface area contributed by atoms with Crippen molar-refractivity contribution in [3.63, 3.8) is 0 Å². The van der Waals surface area contributed by atoms with Crippen LogP contribution in [0.2, 0.25) is 0 Å². The smallest absolute Gasteiger partial charge is 0.00747 e. The Labute approximate surface area is 97.4 Å². The molecule has 84 valence electrons. The van der Waals surface area contributed by atoms with Crippen molar-refractivity contribution in [2.24, 2.45) is 5.73 Å². The molecule has 0 atom stereocenters. The third-order valence-corrected chi connectivity index (χ3v) is 3.23. The maximum Gasteiger partial charge on any atom is 0.00747 e. The molecule has 15 heavy (non-hydrogen) atoms. The summed E-state index contributed by atoms with van der Waals surface area (Å²) in [5.41, 5.74) is 6.90. The third kappa shape index (κ3) is 5.24. The third-order valence-electron chi connectivity index (χ3n) is 2.21. The Hall–Kier alpha value is -0.470. The Morgan fingerprint density at radius 1 is 1.13 bits per heavy atom. The summed E-state index contributed by atoms with van der Waals surface area (Å²) in [6.45, 7) is 5.25. The van der Waals surface area contributed by atoms with Gasteiger partial charge in [-0.15, -0.1) is 11.8 Å². The Morgan fingerprint density at radius 3 is 2.33 bits per heavy atom. The molecule has 0 fully saturated rings. The van der Waals surface area contributed by atoms with Crippen LogP contribution in [0, 0.1) is 0 Å². The van der Waals surface area contributed by atoms with Gasteiger partial charge in [-0.3, -0.25) is 0 Å². The second-order valence-corrected chi connectivity index (χ2v) is 5.71. The SMILES string of the molecule is CC(C)Sc1ccc(CCCCN)cc1. The van der Waals surface area contributed by atoms with Gasteiger partial charge >= 0.3 is 0 Å². The highest BCUT2D eigenvalue weighted by Gasteiger charge is 1.98. The minimum atomic E-state index is 0.660. The Morgan fingerprint density at radius 2 is 1.80 bits per heavy atom. The molecule has 0 heterocycles. The van der Waals surface area contributed by atoms with Crippen molar-refractivity contribution in [1.82, 2.24) is 0 Å². The van der Waals surface area contributed by atoms with Crippen LogP contribution >= 0.6 is 11.8 Å². The molecular weight excluding hydrogens is 202 g/mol. The van der Waals surface area contributed by atoms with Gasteiger partial charge in [-0.2, -0.15) is 0 Å². The van der Waals surface area contributed by atoms with E-state index in [0.717, 1.165) is 19.4 Å². The summed E-state index contributed by atoms with van der Waals surface area (Å²) in [6.07, 6.45) is 3.49. The van der Waals surface area contributed by atoms with Crippen LogP contribution in [0.5, 0.6) is 0 Å². The lowest BCUT2D eigenvalue weighted by atomic mass is 10.1. The van der Waals surface area contributed by atoms with Gasteiger partial charge in [0, 0.05) is 10.1 Å². The van der Waals surface area contributed by atoms with Gasteiger partial charge in [0.25, 0.3) is 0 Å². The lowest BCUT2D eigenvalue weighted by Gasteiger charge is -2.06. The quantitative estimate of drug-likeness (QED) is 0.590. The molecule has 0 aliphatic rings. The van der Waals surface area contributed by atoms with E-state index >= 15 is 0 Å². The summed E-state index contributed by atoms with van der Waals surface area (Å²) in [4.78, 5) is 1.37. The zero-order chi connectivity index (χ0) is 11.1. The van der Waals surface area contributed by atoms with Gasteiger partial charge in [0.2, 0.25) is 0 Å². The first-order chi connectivity index (χ1) is 7.22. The zero-order valence-electron chi connectivity index (χ0n) is 9.70. The topological polar surface area (TPSA) is 26.0 Å². The van der Waals surface area contributed by atoms with Crippen LogP contribution in [-0.2, 0) is 6.42 Å². The van der Waals surface area contributed by atoms with Crippen molar-refractivity contribution in [2.45, 2.75) is 43.3 Å². The average molecular weight is 223 g/mol. The number of hydrogen-bond donors (Lipinski definition) is 1. The molecule has 2 N–H and O–H groups in total. The van der Waals surface area contributed by atoms with Crippen LogP contribution in [0.15, 0.2) is 29.2 Å². The number of hydrogen-bond acceptors (Lipinski definition) is 2. The Balaban J connectivity index is 2.42. The second-order valence-electron chi connectivity index (χ2n) is 4.06. The van der Waals surface area contributed by atoms with Crippen LogP contribution < -0.4 is 5.73 Å². The molecule has 0 aromatic heterocycles. The average Bonchev–Trinajstić information content (AvgIpc) is 2.20. The standard InChI is InChI=1S/C13H21NS/c1-11(2)15-13-8-6-12(7-9-13)5-3-4-10-14/h6-9,11H,3-5,10,14H2,1-2H3. The van der Waals surface area contributed by atoms with Crippen LogP contribution in [0.25, 0.3) is 0 Å². The van der Waals surface area contributed by atoms with Gasteiger partial charge < -0.3 is 5.73 Å². The van der Waals surface area contributed by atoms with E-state index in [1.807, 2.05) is 11.8 Å². The first kappa shape index (κ1) is 12.6. The number of nitrogens with two attached hydrogens (primary N) is 1. The number of thioether (sulfide) groups is 1. The van der Waals surface area contributed by atoms with Crippen molar-refractivity contribution < 1.29 is 0 Å². The van der Waals surface area contributed by atoms with Gasteiger partial charge in [0.15, 0.2) is 0 Å². The van der Waals surface area contributed by atoms with Crippen molar-refractivity contribution in [1.29, 1.82) is 0 Å². The minimum Gasteiger partial charge on any atom is -0.330 e. The van der Waals surface area contributed by atoms with E-state index < -0.39 is 0 Å². The summed E-state index contributed by atoms with van der Waals surface area (Å²) in [5, 5.41) is 0.660. The summed E-state index contributed by atoms with van der Waals surface area (Å²) in [7, 11) is 0. The molecule has 0 radical (unpaired) electrons. The molecule has 0 unspecified atom stereocenters. The summed E-state index contributed by atoms with van der Waals surface area (Å²) in [5.74, 6) is 0. The van der Waals surface area contributed by atoms with E-state index in [2.05, 4.69) is 38.1 Å². The molecule has 1 aromatic carbocycles. The lowest BCUT2D eigenvalue weighted by molar-refractivity contribution is 0.744. The van der Waals surface area contributed by atoms with E-state index in [4.69, 9.17) is 5.73 Å². The summed E-state index contributed by atoms with van der Waals surface area (Å²) in [6, 6.07) is 8.92. The van der Waals surface area contributed by atoms with Gasteiger partial charge in [0.1, 0.15) is 0 Å². The van der Waals surface area contributed by atoms with E-state index in [0.29, 0.717) is 5.25 Å². The van der Waals surface area contributed by atoms with Gasteiger partial charge in [-0.05, 0) is 43.5 Å². The van der Waals surface area contributed by atoms with Gasteiger partial charge in [-0.25, -0.2) is 0 Å². The highest BCUT2D eigenvalue weighted by atomic mass is 32.2. The van der Waals surface area contributed by atoms with Crippen LogP contribution in [-0.4, -0.2) is 11.8 Å². The predicted molar refractivity (Wildman–Crippen MR) is 69.4 cm³/mol. The molecule has 0 aliphatic carbocycles. The molecular formula is C13H21NS. The number of unbranched alkanes of at least 4 members (excludes halogenated alkanes) is 1. The molecule has 1 nitrogen and oxygen atoms in total. The molecule has 0 aliphatic heterocycles. The van der Waals surface area contributed by atoms with Crippen LogP contribution in [0.4, 0.5) is 0 Å². The Kier molecular flexibility index (Phi) is 5.81. The summed E-state index contributed by atoms with van der Waals surface area (Å²) < 4.78 is 0. The number of aryl methyl sites for hydroxylation is 1. The molecule has 0 saturated heterocycles. The second kappa shape index (κ2) is 6.91. The fourth-order valence-corrected chi connectivity index (χ4v) is 2.32. The van der Waals surface area contributed by atoms with E-state index in [1.54, 1.807) is 0 Å². The molecule has 0 amide bonds. The number of benzene rings is 1. The predicted octanol–water partition coefficient (Wildman–Crippen LogP) is 3.47. The number of rotatable bonds is 6. The molecule has 2 heteroatoms. The highest BCUT2D eigenvalue weighted by molar-refractivity contribution is 7.99.